The van der Waals surface area contributed by atoms with Crippen LogP contribution in [0.1, 0.15) is 55.2 Å². The Balaban J connectivity index is 2.16. The second kappa shape index (κ2) is 6.90. The Bertz CT molecular complexity index is 1160. The molecule has 1 N–H and O–H groups in total. The summed E-state index contributed by atoms with van der Waals surface area (Å²) in [6.45, 7) is 9.73. The molecule has 0 aliphatic heterocycles. The van der Waals surface area contributed by atoms with Crippen molar-refractivity contribution in [2.45, 2.75) is 47.2 Å². The summed E-state index contributed by atoms with van der Waals surface area (Å²) in [7, 11) is 0. The molecule has 3 aromatic rings. The highest BCUT2D eigenvalue weighted by atomic mass is 16.4. The molecule has 3 rings (SSSR count). The third-order valence-electron chi connectivity index (χ3n) is 4.57. The minimum atomic E-state index is -0.473. The Hall–Kier alpha value is -3.09. The fraction of sp³-hybridized carbons (Fsp3) is 0.350. The van der Waals surface area contributed by atoms with E-state index in [-0.39, 0.29) is 22.9 Å². The van der Waals surface area contributed by atoms with E-state index in [1.54, 1.807) is 19.1 Å². The van der Waals surface area contributed by atoms with Crippen molar-refractivity contribution in [3.63, 3.8) is 0 Å². The Morgan fingerprint density at radius 1 is 1.22 bits per heavy atom. The lowest BCUT2D eigenvalue weighted by Crippen LogP contribution is -2.23. The summed E-state index contributed by atoms with van der Waals surface area (Å²) in [4.78, 5) is 37.7. The first kappa shape index (κ1) is 18.7. The number of rotatable bonds is 5. The van der Waals surface area contributed by atoms with Gasteiger partial charge in [-0.05, 0) is 52.3 Å². The summed E-state index contributed by atoms with van der Waals surface area (Å²) in [5, 5.41) is 2.83. The van der Waals surface area contributed by atoms with Crippen molar-refractivity contribution in [3.05, 3.63) is 67.6 Å². The van der Waals surface area contributed by atoms with Gasteiger partial charge in [-0.15, -0.1) is 0 Å². The van der Waals surface area contributed by atoms with E-state index in [0.29, 0.717) is 28.8 Å². The summed E-state index contributed by atoms with van der Waals surface area (Å²) in [5.74, 6) is -0.850. The van der Waals surface area contributed by atoms with E-state index in [2.05, 4.69) is 5.10 Å². The number of nitrogens with one attached hydrogen (secondary N) is 1. The summed E-state index contributed by atoms with van der Waals surface area (Å²) in [5.41, 5.74) is 2.77. The average Bonchev–Trinajstić information content (AvgIpc) is 3.12. The van der Waals surface area contributed by atoms with Gasteiger partial charge in [0.05, 0.1) is 5.52 Å². The molecule has 0 radical (unpaired) electrons. The van der Waals surface area contributed by atoms with Gasteiger partial charge in [0.1, 0.15) is 5.56 Å². The van der Waals surface area contributed by atoms with E-state index >= 15 is 0 Å². The summed E-state index contributed by atoms with van der Waals surface area (Å²) in [6.07, 6.45) is 3.34. The standard InChI is InChI=1S/C20H23N3O4/c1-11(2)8-9-22-17-13(5)14(6-7-16(17)27-20(22)26)18(24)15-10-21-23(12(3)4)19(15)25/h6-8,10,12,21H,9H2,1-5H3. The zero-order chi connectivity index (χ0) is 19.9. The number of carbonyl (C=O) groups is 1. The zero-order valence-corrected chi connectivity index (χ0v) is 16.1. The third kappa shape index (κ3) is 3.20. The maximum absolute atomic E-state index is 13.0. The molecule has 0 aliphatic carbocycles. The third-order valence-corrected chi connectivity index (χ3v) is 4.57. The molecule has 0 amide bonds. The number of ketones is 1. The van der Waals surface area contributed by atoms with E-state index in [1.807, 2.05) is 33.8 Å². The number of benzene rings is 1. The lowest BCUT2D eigenvalue weighted by molar-refractivity contribution is 0.103. The molecule has 7 nitrogen and oxygen atoms in total. The van der Waals surface area contributed by atoms with E-state index in [9.17, 15) is 14.4 Å². The molecule has 142 valence electrons. The van der Waals surface area contributed by atoms with Gasteiger partial charge >= 0.3 is 5.76 Å². The molecule has 0 atom stereocenters. The lowest BCUT2D eigenvalue weighted by Gasteiger charge is -2.07. The summed E-state index contributed by atoms with van der Waals surface area (Å²) < 4.78 is 8.21. The molecule has 7 heteroatoms. The van der Waals surface area contributed by atoms with Crippen molar-refractivity contribution in [1.29, 1.82) is 0 Å². The van der Waals surface area contributed by atoms with E-state index in [4.69, 9.17) is 4.42 Å². The number of hydrogen-bond acceptors (Lipinski definition) is 4. The molecule has 1 aromatic carbocycles. The predicted octanol–water partition coefficient (Wildman–Crippen LogP) is 3.17. The number of carbonyl (C=O) groups excluding carboxylic acids is 1. The number of aryl methyl sites for hydroxylation is 1. The molecule has 0 fully saturated rings. The Morgan fingerprint density at radius 3 is 2.52 bits per heavy atom. The molecule has 0 saturated carbocycles. The van der Waals surface area contributed by atoms with Crippen LogP contribution in [0.2, 0.25) is 0 Å². The van der Waals surface area contributed by atoms with Crippen LogP contribution in [-0.2, 0) is 6.54 Å². The van der Waals surface area contributed by atoms with Gasteiger partial charge in [0.15, 0.2) is 5.58 Å². The van der Waals surface area contributed by atoms with Crippen molar-refractivity contribution < 1.29 is 9.21 Å². The van der Waals surface area contributed by atoms with Gasteiger partial charge in [0, 0.05) is 24.3 Å². The number of H-pyrrole nitrogens is 1. The van der Waals surface area contributed by atoms with Gasteiger partial charge in [-0.1, -0.05) is 11.6 Å². The van der Waals surface area contributed by atoms with Gasteiger partial charge in [0.2, 0.25) is 5.78 Å². The fourth-order valence-corrected chi connectivity index (χ4v) is 3.09. The summed E-state index contributed by atoms with van der Waals surface area (Å²) in [6, 6.07) is 3.12. The molecule has 2 heterocycles. The molecule has 0 saturated heterocycles. The number of allylic oxidation sites excluding steroid dienone is 2. The topological polar surface area (TPSA) is 90.0 Å². The number of nitrogens with zero attached hydrogens (tertiary/aromatic N) is 2. The largest absolute Gasteiger partial charge is 0.420 e. The second-order valence-electron chi connectivity index (χ2n) is 7.13. The number of aromatic nitrogens is 3. The van der Waals surface area contributed by atoms with Crippen molar-refractivity contribution in [2.24, 2.45) is 0 Å². The normalized spacial score (nSPS) is 11.3. The monoisotopic (exact) mass is 369 g/mol. The van der Waals surface area contributed by atoms with Gasteiger partial charge in [0.25, 0.3) is 5.56 Å². The number of aromatic amines is 1. The van der Waals surface area contributed by atoms with Gasteiger partial charge in [-0.3, -0.25) is 18.8 Å². The first-order valence-corrected chi connectivity index (χ1v) is 8.83. The lowest BCUT2D eigenvalue weighted by atomic mass is 10.00. The van der Waals surface area contributed by atoms with Crippen LogP contribution in [0.25, 0.3) is 11.1 Å². The molecule has 0 unspecified atom stereocenters. The average molecular weight is 369 g/mol. The Labute approximate surface area is 155 Å². The zero-order valence-electron chi connectivity index (χ0n) is 16.1. The molecule has 0 spiro atoms. The van der Waals surface area contributed by atoms with Gasteiger partial charge < -0.3 is 9.52 Å². The van der Waals surface area contributed by atoms with Crippen molar-refractivity contribution >= 4 is 16.9 Å². The van der Waals surface area contributed by atoms with Crippen molar-refractivity contribution in [2.75, 3.05) is 0 Å². The molecule has 0 aliphatic rings. The minimum Gasteiger partial charge on any atom is -0.408 e. The number of hydrogen-bond donors (Lipinski definition) is 1. The SMILES string of the molecule is CC(C)=CCn1c(=O)oc2ccc(C(=O)c3c[nH]n(C(C)C)c3=O)c(C)c21. The minimum absolute atomic E-state index is 0.0767. The number of fused-ring (bicyclic) bond motifs is 1. The van der Waals surface area contributed by atoms with Crippen molar-refractivity contribution in [1.82, 2.24) is 14.3 Å². The quantitative estimate of drug-likeness (QED) is 0.552. The first-order valence-electron chi connectivity index (χ1n) is 8.83. The molecule has 27 heavy (non-hydrogen) atoms. The van der Waals surface area contributed by atoms with Crippen LogP contribution in [0.15, 0.2) is 44.0 Å². The molecule has 0 bridgehead atoms. The first-order chi connectivity index (χ1) is 12.7. The molecule has 2 aromatic heterocycles. The molecular weight excluding hydrogens is 346 g/mol. The smallest absolute Gasteiger partial charge is 0.408 e. The highest BCUT2D eigenvalue weighted by Crippen LogP contribution is 2.23. The van der Waals surface area contributed by atoms with E-state index in [1.165, 1.54) is 15.4 Å². The Morgan fingerprint density at radius 2 is 1.93 bits per heavy atom. The second-order valence-corrected chi connectivity index (χ2v) is 7.13. The fourth-order valence-electron chi connectivity index (χ4n) is 3.09. The van der Waals surface area contributed by atoms with Crippen LogP contribution in [0.3, 0.4) is 0 Å². The van der Waals surface area contributed by atoms with Crippen LogP contribution in [0, 0.1) is 6.92 Å². The van der Waals surface area contributed by atoms with Crippen LogP contribution < -0.4 is 11.3 Å². The Kier molecular flexibility index (Phi) is 4.78. The van der Waals surface area contributed by atoms with Gasteiger partial charge in [-0.25, -0.2) is 4.79 Å². The van der Waals surface area contributed by atoms with Crippen molar-refractivity contribution in [3.8, 4) is 0 Å². The number of oxazole rings is 1. The molecular formula is C20H23N3O4. The maximum atomic E-state index is 13.0. The van der Waals surface area contributed by atoms with Crippen LogP contribution in [-0.4, -0.2) is 20.1 Å². The highest BCUT2D eigenvalue weighted by Gasteiger charge is 2.22. The summed E-state index contributed by atoms with van der Waals surface area (Å²) >= 11 is 0. The van der Waals surface area contributed by atoms with Crippen LogP contribution in [0.4, 0.5) is 0 Å². The predicted molar refractivity (Wildman–Crippen MR) is 104 cm³/mol. The highest BCUT2D eigenvalue weighted by molar-refractivity contribution is 6.11. The van der Waals surface area contributed by atoms with Crippen LogP contribution in [0.5, 0.6) is 0 Å². The maximum Gasteiger partial charge on any atom is 0.420 e. The van der Waals surface area contributed by atoms with E-state index in [0.717, 1.165) is 5.57 Å². The van der Waals surface area contributed by atoms with E-state index < -0.39 is 5.76 Å². The van der Waals surface area contributed by atoms with Crippen LogP contribution >= 0.6 is 0 Å². The van der Waals surface area contributed by atoms with Gasteiger partial charge in [-0.2, -0.15) is 0 Å².